The summed E-state index contributed by atoms with van der Waals surface area (Å²) in [5.74, 6) is 2.69. The maximum absolute atomic E-state index is 5.79. The van der Waals surface area contributed by atoms with E-state index in [1.807, 2.05) is 85.8 Å². The van der Waals surface area contributed by atoms with Crippen LogP contribution in [0, 0.1) is 6.92 Å². The van der Waals surface area contributed by atoms with Crippen molar-refractivity contribution in [2.75, 3.05) is 18.9 Å². The van der Waals surface area contributed by atoms with E-state index in [0.29, 0.717) is 25.8 Å². The number of benzene rings is 3. The topological polar surface area (TPSA) is 83.9 Å². The van der Waals surface area contributed by atoms with Crippen molar-refractivity contribution in [2.24, 2.45) is 5.10 Å². The molecule has 0 saturated heterocycles. The Bertz CT molecular complexity index is 1170. The molecule has 7 heteroatoms. The standard InChI is InChI=1S/C26H26N4O3/c1-20-18-30(26(27)29-20)28-17-21-7-9-23(10-8-21)31-15-16-32-24-11-13-25(14-12-24)33-19-22-5-3-2-4-6-22/h2-14,17-18H,15-16,19H2,1H3,(H2,27,29). The summed E-state index contributed by atoms with van der Waals surface area (Å²) in [6.07, 6.45) is 3.49. The Morgan fingerprint density at radius 1 is 0.818 bits per heavy atom. The van der Waals surface area contributed by atoms with Crippen LogP contribution in [0.1, 0.15) is 16.8 Å². The highest BCUT2D eigenvalue weighted by Gasteiger charge is 2.01. The molecule has 0 aliphatic heterocycles. The van der Waals surface area contributed by atoms with Gasteiger partial charge in [0.25, 0.3) is 0 Å². The number of nitrogen functional groups attached to an aromatic ring is 1. The molecule has 0 amide bonds. The number of imidazole rings is 1. The number of aromatic nitrogens is 2. The minimum Gasteiger partial charge on any atom is -0.490 e. The van der Waals surface area contributed by atoms with Crippen LogP contribution in [0.2, 0.25) is 0 Å². The molecule has 0 saturated carbocycles. The number of rotatable bonds is 10. The van der Waals surface area contributed by atoms with Crippen molar-refractivity contribution in [1.29, 1.82) is 0 Å². The van der Waals surface area contributed by atoms with Crippen LogP contribution in [0.25, 0.3) is 0 Å². The van der Waals surface area contributed by atoms with Gasteiger partial charge in [0.1, 0.15) is 37.1 Å². The Morgan fingerprint density at radius 3 is 1.97 bits per heavy atom. The van der Waals surface area contributed by atoms with Crippen molar-refractivity contribution < 1.29 is 14.2 Å². The highest BCUT2D eigenvalue weighted by molar-refractivity contribution is 5.79. The first-order valence-electron chi connectivity index (χ1n) is 10.6. The van der Waals surface area contributed by atoms with E-state index >= 15 is 0 Å². The van der Waals surface area contributed by atoms with Gasteiger partial charge in [0, 0.05) is 0 Å². The molecule has 168 valence electrons. The lowest BCUT2D eigenvalue weighted by Gasteiger charge is -2.10. The fourth-order valence-electron chi connectivity index (χ4n) is 3.07. The van der Waals surface area contributed by atoms with Crippen LogP contribution >= 0.6 is 0 Å². The van der Waals surface area contributed by atoms with Crippen LogP contribution < -0.4 is 19.9 Å². The van der Waals surface area contributed by atoms with Gasteiger partial charge < -0.3 is 19.9 Å². The Hall–Kier alpha value is -4.26. The molecule has 1 aromatic heterocycles. The molecule has 0 radical (unpaired) electrons. The van der Waals surface area contributed by atoms with E-state index in [1.165, 1.54) is 0 Å². The van der Waals surface area contributed by atoms with Gasteiger partial charge in [-0.15, -0.1) is 0 Å². The number of hydrogen-bond acceptors (Lipinski definition) is 6. The molecule has 1 heterocycles. The lowest BCUT2D eigenvalue weighted by Crippen LogP contribution is -2.09. The number of nitrogens with two attached hydrogens (primary N) is 1. The molecule has 33 heavy (non-hydrogen) atoms. The van der Waals surface area contributed by atoms with Crippen molar-refractivity contribution in [2.45, 2.75) is 13.5 Å². The van der Waals surface area contributed by atoms with Gasteiger partial charge in [0.15, 0.2) is 0 Å². The van der Waals surface area contributed by atoms with Crippen LogP contribution in [0.3, 0.4) is 0 Å². The summed E-state index contributed by atoms with van der Waals surface area (Å²) in [6, 6.07) is 25.3. The van der Waals surface area contributed by atoms with E-state index in [4.69, 9.17) is 19.9 Å². The number of aryl methyl sites for hydroxylation is 1. The first kappa shape index (κ1) is 22.0. The monoisotopic (exact) mass is 442 g/mol. The fourth-order valence-corrected chi connectivity index (χ4v) is 3.07. The van der Waals surface area contributed by atoms with Gasteiger partial charge in [-0.05, 0) is 66.6 Å². The number of hydrogen-bond donors (Lipinski definition) is 1. The van der Waals surface area contributed by atoms with Gasteiger partial charge >= 0.3 is 0 Å². The normalized spacial score (nSPS) is 10.9. The predicted octanol–water partition coefficient (Wildman–Crippen LogP) is 4.69. The van der Waals surface area contributed by atoms with E-state index in [9.17, 15) is 0 Å². The largest absolute Gasteiger partial charge is 0.490 e. The first-order valence-corrected chi connectivity index (χ1v) is 10.6. The number of ether oxygens (including phenoxy) is 3. The summed E-state index contributed by atoms with van der Waals surface area (Å²) in [4.78, 5) is 4.11. The summed E-state index contributed by atoms with van der Waals surface area (Å²) in [5, 5.41) is 4.30. The smallest absolute Gasteiger partial charge is 0.221 e. The van der Waals surface area contributed by atoms with Gasteiger partial charge in [0.05, 0.1) is 18.1 Å². The molecule has 0 atom stereocenters. The molecule has 0 bridgehead atoms. The maximum Gasteiger partial charge on any atom is 0.221 e. The maximum atomic E-state index is 5.79. The van der Waals surface area contributed by atoms with E-state index in [2.05, 4.69) is 10.1 Å². The second-order valence-electron chi connectivity index (χ2n) is 7.34. The van der Waals surface area contributed by atoms with Crippen molar-refractivity contribution in [3.8, 4) is 17.2 Å². The highest BCUT2D eigenvalue weighted by Crippen LogP contribution is 2.19. The molecule has 7 nitrogen and oxygen atoms in total. The molecule has 0 aliphatic carbocycles. The zero-order chi connectivity index (χ0) is 22.9. The average Bonchev–Trinajstić information content (AvgIpc) is 3.18. The predicted molar refractivity (Wildman–Crippen MR) is 129 cm³/mol. The molecule has 4 aromatic rings. The summed E-state index contributed by atoms with van der Waals surface area (Å²) >= 11 is 0. The highest BCUT2D eigenvalue weighted by atomic mass is 16.5. The summed E-state index contributed by atoms with van der Waals surface area (Å²) in [5.41, 5.74) is 8.67. The number of anilines is 1. The molecular weight excluding hydrogens is 416 g/mol. The molecule has 0 unspecified atom stereocenters. The first-order chi connectivity index (χ1) is 16.2. The van der Waals surface area contributed by atoms with Crippen molar-refractivity contribution in [1.82, 2.24) is 9.66 Å². The zero-order valence-corrected chi connectivity index (χ0v) is 18.4. The molecule has 0 fully saturated rings. The second kappa shape index (κ2) is 10.9. The second-order valence-corrected chi connectivity index (χ2v) is 7.34. The lowest BCUT2D eigenvalue weighted by molar-refractivity contribution is 0.217. The van der Waals surface area contributed by atoms with Gasteiger partial charge in [-0.3, -0.25) is 0 Å². The molecular formula is C26H26N4O3. The minimum atomic E-state index is 0.359. The Kier molecular flexibility index (Phi) is 7.22. The third kappa shape index (κ3) is 6.61. The SMILES string of the molecule is Cc1cn(N=Cc2ccc(OCCOc3ccc(OCc4ccccc4)cc3)cc2)c(N)n1. The fraction of sp³-hybridized carbons (Fsp3) is 0.154. The van der Waals surface area contributed by atoms with Gasteiger partial charge in [0.2, 0.25) is 5.95 Å². The Labute approximate surface area is 193 Å². The van der Waals surface area contributed by atoms with E-state index in [0.717, 1.165) is 34.1 Å². The van der Waals surface area contributed by atoms with Crippen molar-refractivity contribution in [3.05, 3.63) is 102 Å². The van der Waals surface area contributed by atoms with Crippen LogP contribution in [-0.4, -0.2) is 29.1 Å². The molecule has 4 rings (SSSR count). The summed E-state index contributed by atoms with van der Waals surface area (Å²) in [6.45, 7) is 3.28. The van der Waals surface area contributed by atoms with Crippen LogP contribution in [-0.2, 0) is 6.61 Å². The average molecular weight is 443 g/mol. The van der Waals surface area contributed by atoms with Crippen molar-refractivity contribution in [3.63, 3.8) is 0 Å². The van der Waals surface area contributed by atoms with Crippen LogP contribution in [0.4, 0.5) is 5.95 Å². The van der Waals surface area contributed by atoms with E-state index in [-0.39, 0.29) is 0 Å². The van der Waals surface area contributed by atoms with Crippen molar-refractivity contribution >= 4 is 12.2 Å². The van der Waals surface area contributed by atoms with Gasteiger partial charge in [-0.25, -0.2) is 9.66 Å². The third-order valence-corrected chi connectivity index (χ3v) is 4.74. The molecule has 3 aromatic carbocycles. The quantitative estimate of drug-likeness (QED) is 0.284. The Balaban J connectivity index is 1.18. The number of nitrogens with zero attached hydrogens (tertiary/aromatic N) is 3. The molecule has 0 aliphatic rings. The van der Waals surface area contributed by atoms with E-state index in [1.54, 1.807) is 17.1 Å². The minimum absolute atomic E-state index is 0.359. The zero-order valence-electron chi connectivity index (χ0n) is 18.4. The summed E-state index contributed by atoms with van der Waals surface area (Å²) in [7, 11) is 0. The Morgan fingerprint density at radius 2 is 1.39 bits per heavy atom. The molecule has 0 spiro atoms. The van der Waals surface area contributed by atoms with Crippen LogP contribution in [0.15, 0.2) is 90.2 Å². The van der Waals surface area contributed by atoms with Crippen LogP contribution in [0.5, 0.6) is 17.2 Å². The third-order valence-electron chi connectivity index (χ3n) is 4.74. The molecule has 2 N–H and O–H groups in total. The summed E-state index contributed by atoms with van der Waals surface area (Å²) < 4.78 is 18.8. The van der Waals surface area contributed by atoms with E-state index < -0.39 is 0 Å². The van der Waals surface area contributed by atoms with Gasteiger partial charge in [-0.2, -0.15) is 5.10 Å². The lowest BCUT2D eigenvalue weighted by atomic mass is 10.2. The van der Waals surface area contributed by atoms with Gasteiger partial charge in [-0.1, -0.05) is 30.3 Å².